The molecule has 96 valence electrons. The summed E-state index contributed by atoms with van der Waals surface area (Å²) in [5.41, 5.74) is 1.16. The maximum absolute atomic E-state index is 9.38. The molecule has 1 aromatic heterocycles. The molecule has 1 fully saturated rings. The highest BCUT2D eigenvalue weighted by molar-refractivity contribution is 7.15. The van der Waals surface area contributed by atoms with Gasteiger partial charge in [-0.1, -0.05) is 24.7 Å². The SMILES string of the molecule is CCCC(C)N(C)c1nc(C2CC2)c(CO)s1. The molecule has 0 aliphatic heterocycles. The van der Waals surface area contributed by atoms with Crippen molar-refractivity contribution in [3.05, 3.63) is 10.6 Å². The predicted octanol–water partition coefficient (Wildman–Crippen LogP) is 3.14. The Morgan fingerprint density at radius 1 is 1.53 bits per heavy atom. The normalized spacial score (nSPS) is 17.2. The molecule has 1 saturated carbocycles. The molecule has 0 spiro atoms. The highest BCUT2D eigenvalue weighted by atomic mass is 32.1. The zero-order valence-electron chi connectivity index (χ0n) is 10.9. The van der Waals surface area contributed by atoms with Gasteiger partial charge in [0.2, 0.25) is 0 Å². The lowest BCUT2D eigenvalue weighted by Crippen LogP contribution is -2.28. The van der Waals surface area contributed by atoms with E-state index in [9.17, 15) is 5.11 Å². The van der Waals surface area contributed by atoms with E-state index >= 15 is 0 Å². The standard InChI is InChI=1S/C13H22N2OS/c1-4-5-9(2)15(3)13-14-12(10-6-7-10)11(8-16)17-13/h9-10,16H,4-8H2,1-3H3. The fourth-order valence-corrected chi connectivity index (χ4v) is 3.16. The van der Waals surface area contributed by atoms with Crippen molar-refractivity contribution in [1.29, 1.82) is 0 Å². The van der Waals surface area contributed by atoms with Crippen LogP contribution in [0.5, 0.6) is 0 Å². The average molecular weight is 254 g/mol. The number of rotatable bonds is 6. The number of hydrogen-bond donors (Lipinski definition) is 1. The number of aliphatic hydroxyl groups excluding tert-OH is 1. The maximum Gasteiger partial charge on any atom is 0.185 e. The smallest absolute Gasteiger partial charge is 0.185 e. The first-order chi connectivity index (χ1) is 8.17. The fraction of sp³-hybridized carbons (Fsp3) is 0.769. The van der Waals surface area contributed by atoms with Crippen molar-refractivity contribution in [3.8, 4) is 0 Å². The summed E-state index contributed by atoms with van der Waals surface area (Å²) in [6, 6.07) is 0.518. The van der Waals surface area contributed by atoms with Crippen LogP contribution in [-0.2, 0) is 6.61 Å². The Balaban J connectivity index is 2.14. The maximum atomic E-state index is 9.38. The number of hydrogen-bond acceptors (Lipinski definition) is 4. The zero-order valence-corrected chi connectivity index (χ0v) is 11.8. The lowest BCUT2D eigenvalue weighted by Gasteiger charge is -2.23. The molecule has 4 heteroatoms. The van der Waals surface area contributed by atoms with E-state index in [4.69, 9.17) is 4.98 Å². The Morgan fingerprint density at radius 3 is 2.76 bits per heavy atom. The Kier molecular flexibility index (Phi) is 4.05. The highest BCUT2D eigenvalue weighted by Gasteiger charge is 2.30. The van der Waals surface area contributed by atoms with E-state index in [2.05, 4.69) is 25.8 Å². The first-order valence-corrected chi connectivity index (χ1v) is 7.32. The molecule has 1 N–H and O–H groups in total. The van der Waals surface area contributed by atoms with Gasteiger partial charge in [0.05, 0.1) is 17.2 Å². The fourth-order valence-electron chi connectivity index (χ4n) is 2.09. The zero-order chi connectivity index (χ0) is 12.4. The van der Waals surface area contributed by atoms with Crippen LogP contribution in [0, 0.1) is 0 Å². The molecular formula is C13H22N2OS. The molecule has 1 heterocycles. The minimum absolute atomic E-state index is 0.138. The van der Waals surface area contributed by atoms with Gasteiger partial charge in [0, 0.05) is 19.0 Å². The average Bonchev–Trinajstić information content (AvgIpc) is 3.08. The van der Waals surface area contributed by atoms with Gasteiger partial charge < -0.3 is 10.0 Å². The van der Waals surface area contributed by atoms with E-state index in [1.807, 2.05) is 0 Å². The van der Waals surface area contributed by atoms with Crippen LogP contribution in [0.15, 0.2) is 0 Å². The van der Waals surface area contributed by atoms with Crippen molar-refractivity contribution < 1.29 is 5.11 Å². The topological polar surface area (TPSA) is 36.4 Å². The third-order valence-corrected chi connectivity index (χ3v) is 4.64. The number of nitrogens with zero attached hydrogens (tertiary/aromatic N) is 2. The molecule has 17 heavy (non-hydrogen) atoms. The summed E-state index contributed by atoms with van der Waals surface area (Å²) < 4.78 is 0. The van der Waals surface area contributed by atoms with Gasteiger partial charge in [-0.2, -0.15) is 0 Å². The summed E-state index contributed by atoms with van der Waals surface area (Å²) in [7, 11) is 2.11. The molecule has 0 radical (unpaired) electrons. The molecule has 1 unspecified atom stereocenters. The molecule has 2 rings (SSSR count). The second-order valence-electron chi connectivity index (χ2n) is 4.99. The Hall–Kier alpha value is -0.610. The summed E-state index contributed by atoms with van der Waals surface area (Å²) in [5, 5.41) is 10.5. The third kappa shape index (κ3) is 2.80. The molecule has 0 amide bonds. The van der Waals surface area contributed by atoms with Crippen molar-refractivity contribution in [1.82, 2.24) is 4.98 Å². The van der Waals surface area contributed by atoms with Gasteiger partial charge in [0.25, 0.3) is 0 Å². The summed E-state index contributed by atoms with van der Waals surface area (Å²) >= 11 is 1.65. The van der Waals surface area contributed by atoms with Crippen LogP contribution in [0.4, 0.5) is 5.13 Å². The van der Waals surface area contributed by atoms with E-state index < -0.39 is 0 Å². The van der Waals surface area contributed by atoms with Gasteiger partial charge in [0.15, 0.2) is 5.13 Å². The molecule has 0 aromatic carbocycles. The number of aliphatic hydroxyl groups is 1. The van der Waals surface area contributed by atoms with Gasteiger partial charge in [-0.25, -0.2) is 4.98 Å². The van der Waals surface area contributed by atoms with E-state index in [-0.39, 0.29) is 6.61 Å². The summed E-state index contributed by atoms with van der Waals surface area (Å²) in [5.74, 6) is 0.622. The second-order valence-corrected chi connectivity index (χ2v) is 6.05. The molecule has 1 aliphatic rings. The Morgan fingerprint density at radius 2 is 2.24 bits per heavy atom. The van der Waals surface area contributed by atoms with Crippen LogP contribution in [0.2, 0.25) is 0 Å². The Bertz CT molecular complexity index is 373. The van der Waals surface area contributed by atoms with Gasteiger partial charge in [-0.15, -0.1) is 0 Å². The van der Waals surface area contributed by atoms with Crippen LogP contribution < -0.4 is 4.90 Å². The Labute approximate surface area is 107 Å². The molecular weight excluding hydrogens is 232 g/mol. The van der Waals surface area contributed by atoms with Crippen LogP contribution in [0.1, 0.15) is 56.0 Å². The summed E-state index contributed by atoms with van der Waals surface area (Å²) in [6.07, 6.45) is 4.86. The van der Waals surface area contributed by atoms with Gasteiger partial charge in [0.1, 0.15) is 0 Å². The molecule has 0 bridgehead atoms. The van der Waals surface area contributed by atoms with Crippen LogP contribution in [0.3, 0.4) is 0 Å². The van der Waals surface area contributed by atoms with Crippen molar-refractivity contribution in [2.45, 2.75) is 58.1 Å². The molecule has 0 saturated heterocycles. The highest BCUT2D eigenvalue weighted by Crippen LogP contribution is 2.44. The largest absolute Gasteiger partial charge is 0.391 e. The van der Waals surface area contributed by atoms with Crippen molar-refractivity contribution >= 4 is 16.5 Å². The van der Waals surface area contributed by atoms with Crippen molar-refractivity contribution in [2.75, 3.05) is 11.9 Å². The quantitative estimate of drug-likeness (QED) is 0.847. The number of aromatic nitrogens is 1. The number of thiazole rings is 1. The van der Waals surface area contributed by atoms with Crippen molar-refractivity contribution in [2.24, 2.45) is 0 Å². The van der Waals surface area contributed by atoms with Gasteiger partial charge >= 0.3 is 0 Å². The molecule has 3 nitrogen and oxygen atoms in total. The van der Waals surface area contributed by atoms with E-state index in [0.717, 1.165) is 15.7 Å². The minimum Gasteiger partial charge on any atom is -0.391 e. The summed E-state index contributed by atoms with van der Waals surface area (Å²) in [4.78, 5) is 8.05. The lowest BCUT2D eigenvalue weighted by atomic mass is 10.2. The molecule has 1 aromatic rings. The summed E-state index contributed by atoms with van der Waals surface area (Å²) in [6.45, 7) is 4.58. The van der Waals surface area contributed by atoms with Gasteiger partial charge in [-0.3, -0.25) is 0 Å². The van der Waals surface area contributed by atoms with Crippen molar-refractivity contribution in [3.63, 3.8) is 0 Å². The van der Waals surface area contributed by atoms with E-state index in [0.29, 0.717) is 12.0 Å². The van der Waals surface area contributed by atoms with Crippen LogP contribution in [-0.4, -0.2) is 23.2 Å². The number of anilines is 1. The van der Waals surface area contributed by atoms with E-state index in [1.165, 1.54) is 25.7 Å². The molecule has 1 aliphatic carbocycles. The first kappa shape index (κ1) is 12.8. The monoisotopic (exact) mass is 254 g/mol. The minimum atomic E-state index is 0.138. The first-order valence-electron chi connectivity index (χ1n) is 6.50. The third-order valence-electron chi connectivity index (χ3n) is 3.49. The van der Waals surface area contributed by atoms with E-state index in [1.54, 1.807) is 11.3 Å². The van der Waals surface area contributed by atoms with Crippen LogP contribution in [0.25, 0.3) is 0 Å². The molecule has 1 atom stereocenters. The lowest BCUT2D eigenvalue weighted by molar-refractivity contribution is 0.284. The van der Waals surface area contributed by atoms with Crippen LogP contribution >= 0.6 is 11.3 Å². The predicted molar refractivity (Wildman–Crippen MR) is 72.8 cm³/mol. The van der Waals surface area contributed by atoms with Gasteiger partial charge in [-0.05, 0) is 26.2 Å². The second kappa shape index (κ2) is 5.36.